The maximum Gasteiger partial charge on any atom is 0.242 e. The summed E-state index contributed by atoms with van der Waals surface area (Å²) in [5, 5.41) is 11.3. The van der Waals surface area contributed by atoms with E-state index < -0.39 is 0 Å². The molecule has 0 saturated heterocycles. The van der Waals surface area contributed by atoms with Gasteiger partial charge in [0.1, 0.15) is 12.3 Å². The van der Waals surface area contributed by atoms with E-state index >= 15 is 0 Å². The van der Waals surface area contributed by atoms with Crippen molar-refractivity contribution in [2.75, 3.05) is 19.6 Å². The van der Waals surface area contributed by atoms with E-state index in [1.54, 1.807) is 23.7 Å². The fraction of sp³-hybridized carbons (Fsp3) is 0.412. The van der Waals surface area contributed by atoms with Crippen LogP contribution in [0.1, 0.15) is 30.4 Å². The largest absolute Gasteiger partial charge is 0.467 e. The number of carbonyl (C=O) groups excluding carboxylic acids is 1. The van der Waals surface area contributed by atoms with Gasteiger partial charge >= 0.3 is 0 Å². The van der Waals surface area contributed by atoms with Crippen molar-refractivity contribution in [3.8, 4) is 0 Å². The van der Waals surface area contributed by atoms with Crippen molar-refractivity contribution in [1.29, 1.82) is 0 Å². The third-order valence-electron chi connectivity index (χ3n) is 3.37. The molecule has 1 unspecified atom stereocenters. The predicted octanol–water partition coefficient (Wildman–Crippen LogP) is 2.32. The number of nitrogens with one attached hydrogen (secondary N) is 3. The first-order chi connectivity index (χ1) is 11.7. The Hall–Kier alpha value is -2.28. The first kappa shape index (κ1) is 18.1. The quantitative estimate of drug-likeness (QED) is 0.505. The Kier molecular flexibility index (Phi) is 7.35. The van der Waals surface area contributed by atoms with Crippen LogP contribution in [0.3, 0.4) is 0 Å². The van der Waals surface area contributed by atoms with Gasteiger partial charge in [-0.05, 0) is 30.5 Å². The number of hydrogen-bond donors (Lipinski definition) is 3. The van der Waals surface area contributed by atoms with Crippen molar-refractivity contribution in [3.63, 3.8) is 0 Å². The molecule has 2 aromatic rings. The number of aliphatic imine (C=N–C) groups is 1. The van der Waals surface area contributed by atoms with Gasteiger partial charge in [-0.25, -0.2) is 4.99 Å². The van der Waals surface area contributed by atoms with Crippen LogP contribution in [0.25, 0.3) is 0 Å². The SMILES string of the molecule is CCNC(=NCC(=O)NCc1ccco1)NCC(C)c1cccs1. The van der Waals surface area contributed by atoms with Gasteiger partial charge in [0.2, 0.25) is 5.91 Å². The molecule has 1 atom stereocenters. The Morgan fingerprint density at radius 3 is 2.83 bits per heavy atom. The highest BCUT2D eigenvalue weighted by atomic mass is 32.1. The highest BCUT2D eigenvalue weighted by molar-refractivity contribution is 7.10. The molecule has 0 aliphatic carbocycles. The van der Waals surface area contributed by atoms with Gasteiger partial charge < -0.3 is 20.4 Å². The number of guanidine groups is 1. The Bertz CT molecular complexity index is 623. The number of nitrogens with zero attached hydrogens (tertiary/aromatic N) is 1. The Labute approximate surface area is 146 Å². The standard InChI is InChI=1S/C17H24N4O2S/c1-3-18-17(20-10-13(2)15-7-5-9-24-15)21-12-16(22)19-11-14-6-4-8-23-14/h4-9,13H,3,10-12H2,1-2H3,(H,19,22)(H2,18,20,21). The van der Waals surface area contributed by atoms with Crippen LogP contribution in [-0.2, 0) is 11.3 Å². The van der Waals surface area contributed by atoms with Crippen LogP contribution in [0.5, 0.6) is 0 Å². The maximum atomic E-state index is 11.9. The summed E-state index contributed by atoms with van der Waals surface area (Å²) >= 11 is 1.75. The molecule has 1 amide bonds. The summed E-state index contributed by atoms with van der Waals surface area (Å²) in [7, 11) is 0. The molecule has 3 N–H and O–H groups in total. The minimum absolute atomic E-state index is 0.0728. The van der Waals surface area contributed by atoms with E-state index in [2.05, 4.69) is 45.4 Å². The second-order valence-electron chi connectivity index (χ2n) is 5.35. The normalized spacial score (nSPS) is 12.7. The third-order valence-corrected chi connectivity index (χ3v) is 4.47. The number of amides is 1. The lowest BCUT2D eigenvalue weighted by Gasteiger charge is -2.15. The average molecular weight is 348 g/mol. The Balaban J connectivity index is 1.77. The van der Waals surface area contributed by atoms with Crippen LogP contribution in [-0.4, -0.2) is 31.5 Å². The topological polar surface area (TPSA) is 78.7 Å². The molecular weight excluding hydrogens is 324 g/mol. The van der Waals surface area contributed by atoms with Gasteiger partial charge in [-0.1, -0.05) is 13.0 Å². The highest BCUT2D eigenvalue weighted by Crippen LogP contribution is 2.19. The minimum Gasteiger partial charge on any atom is -0.467 e. The van der Waals surface area contributed by atoms with Crippen LogP contribution >= 0.6 is 11.3 Å². The van der Waals surface area contributed by atoms with Crippen molar-refractivity contribution in [2.45, 2.75) is 26.3 Å². The molecule has 0 radical (unpaired) electrons. The molecule has 24 heavy (non-hydrogen) atoms. The molecule has 130 valence electrons. The average Bonchev–Trinajstić information content (AvgIpc) is 3.28. The second kappa shape index (κ2) is 9.77. The van der Waals surface area contributed by atoms with Crippen molar-refractivity contribution in [2.24, 2.45) is 4.99 Å². The van der Waals surface area contributed by atoms with E-state index in [9.17, 15) is 4.79 Å². The van der Waals surface area contributed by atoms with Gasteiger partial charge in [0, 0.05) is 23.9 Å². The van der Waals surface area contributed by atoms with Crippen LogP contribution in [0.2, 0.25) is 0 Å². The van der Waals surface area contributed by atoms with Gasteiger partial charge in [-0.15, -0.1) is 11.3 Å². The van der Waals surface area contributed by atoms with Gasteiger partial charge in [0.05, 0.1) is 12.8 Å². The van der Waals surface area contributed by atoms with E-state index in [0.717, 1.165) is 18.8 Å². The maximum absolute atomic E-state index is 11.9. The van der Waals surface area contributed by atoms with Crippen molar-refractivity contribution < 1.29 is 9.21 Å². The zero-order valence-electron chi connectivity index (χ0n) is 14.0. The summed E-state index contributed by atoms with van der Waals surface area (Å²) in [5.41, 5.74) is 0. The predicted molar refractivity (Wildman–Crippen MR) is 97.3 cm³/mol. The number of thiophene rings is 1. The van der Waals surface area contributed by atoms with Crippen molar-refractivity contribution in [1.82, 2.24) is 16.0 Å². The molecule has 0 bridgehead atoms. The number of carbonyl (C=O) groups is 1. The van der Waals surface area contributed by atoms with E-state index in [1.807, 2.05) is 13.0 Å². The first-order valence-electron chi connectivity index (χ1n) is 8.03. The van der Waals surface area contributed by atoms with Gasteiger partial charge in [-0.3, -0.25) is 4.79 Å². The second-order valence-corrected chi connectivity index (χ2v) is 6.33. The summed E-state index contributed by atoms with van der Waals surface area (Å²) in [6, 6.07) is 7.80. The van der Waals surface area contributed by atoms with E-state index in [1.165, 1.54) is 4.88 Å². The molecule has 6 nitrogen and oxygen atoms in total. The van der Waals surface area contributed by atoms with Crippen LogP contribution in [0.4, 0.5) is 0 Å². The van der Waals surface area contributed by atoms with Gasteiger partial charge in [0.25, 0.3) is 0 Å². The molecular formula is C17H24N4O2S. The summed E-state index contributed by atoms with van der Waals surface area (Å²) in [4.78, 5) is 17.5. The minimum atomic E-state index is -0.144. The molecule has 0 aliphatic heterocycles. The Morgan fingerprint density at radius 1 is 1.29 bits per heavy atom. The lowest BCUT2D eigenvalue weighted by atomic mass is 10.1. The summed E-state index contributed by atoms with van der Waals surface area (Å²) in [6.07, 6.45) is 1.58. The third kappa shape index (κ3) is 6.08. The van der Waals surface area contributed by atoms with Crippen LogP contribution in [0, 0.1) is 0 Å². The fourth-order valence-electron chi connectivity index (χ4n) is 2.07. The zero-order valence-corrected chi connectivity index (χ0v) is 14.9. The summed E-state index contributed by atoms with van der Waals surface area (Å²) in [6.45, 7) is 6.12. The van der Waals surface area contributed by atoms with E-state index in [0.29, 0.717) is 18.4 Å². The molecule has 0 spiro atoms. The molecule has 0 fully saturated rings. The highest BCUT2D eigenvalue weighted by Gasteiger charge is 2.08. The van der Waals surface area contributed by atoms with Crippen LogP contribution in [0.15, 0.2) is 45.3 Å². The van der Waals surface area contributed by atoms with Crippen molar-refractivity contribution in [3.05, 3.63) is 46.5 Å². The first-order valence-corrected chi connectivity index (χ1v) is 8.91. The lowest BCUT2D eigenvalue weighted by Crippen LogP contribution is -2.40. The molecule has 0 aromatic carbocycles. The molecule has 0 saturated carbocycles. The fourth-order valence-corrected chi connectivity index (χ4v) is 2.86. The van der Waals surface area contributed by atoms with E-state index in [-0.39, 0.29) is 12.5 Å². The van der Waals surface area contributed by atoms with Crippen LogP contribution < -0.4 is 16.0 Å². The summed E-state index contributed by atoms with van der Waals surface area (Å²) < 4.78 is 5.17. The lowest BCUT2D eigenvalue weighted by molar-refractivity contribution is -0.119. The van der Waals surface area contributed by atoms with Gasteiger partial charge in [-0.2, -0.15) is 0 Å². The molecule has 2 rings (SSSR count). The molecule has 2 heterocycles. The number of furan rings is 1. The number of rotatable bonds is 8. The number of hydrogen-bond acceptors (Lipinski definition) is 4. The monoisotopic (exact) mass is 348 g/mol. The summed E-state index contributed by atoms with van der Waals surface area (Å²) in [5.74, 6) is 1.62. The molecule has 2 aromatic heterocycles. The molecule has 0 aliphatic rings. The van der Waals surface area contributed by atoms with Gasteiger partial charge in [0.15, 0.2) is 5.96 Å². The smallest absolute Gasteiger partial charge is 0.242 e. The Morgan fingerprint density at radius 2 is 2.17 bits per heavy atom. The zero-order chi connectivity index (χ0) is 17.2. The van der Waals surface area contributed by atoms with Crippen molar-refractivity contribution >= 4 is 23.2 Å². The molecule has 7 heteroatoms. The van der Waals surface area contributed by atoms with E-state index in [4.69, 9.17) is 4.42 Å².